The molecule has 0 atom stereocenters. The van der Waals surface area contributed by atoms with Crippen molar-refractivity contribution in [2.75, 3.05) is 0 Å². The summed E-state index contributed by atoms with van der Waals surface area (Å²) in [5.41, 5.74) is 3.13. The molecule has 0 aliphatic carbocycles. The summed E-state index contributed by atoms with van der Waals surface area (Å²) in [5.74, 6) is -0.167. The van der Waals surface area contributed by atoms with Crippen molar-refractivity contribution in [3.63, 3.8) is 0 Å². The Kier molecular flexibility index (Phi) is 5.22. The summed E-state index contributed by atoms with van der Waals surface area (Å²) < 4.78 is 7.06. The number of halogens is 2. The fourth-order valence-electron chi connectivity index (χ4n) is 3.00. The van der Waals surface area contributed by atoms with Crippen molar-refractivity contribution >= 4 is 40.1 Å². The Hall–Kier alpha value is -2.96. The van der Waals surface area contributed by atoms with E-state index in [0.29, 0.717) is 11.4 Å². The number of hydrogen-bond donors (Lipinski definition) is 0. The van der Waals surface area contributed by atoms with E-state index in [1.54, 1.807) is 16.8 Å². The van der Waals surface area contributed by atoms with Crippen molar-refractivity contribution in [3.05, 3.63) is 81.4 Å². The standard InChI is InChI=1S/C21H16Cl2N4O2/c1-12-9-13(2)27(26-12)18-8-7-16(22)19(25-18)21(28)29-11-15-10-14-5-3-4-6-17(14)24-20(15)23/h3-10H,11H2,1-2H3. The fourth-order valence-corrected chi connectivity index (χ4v) is 3.39. The Labute approximate surface area is 177 Å². The third-order valence-electron chi connectivity index (χ3n) is 4.36. The molecule has 1 aromatic carbocycles. The highest BCUT2D eigenvalue weighted by Crippen LogP contribution is 2.23. The second-order valence-electron chi connectivity index (χ2n) is 6.55. The number of carbonyl (C=O) groups excluding carboxylic acids is 1. The Morgan fingerprint density at radius 1 is 1.07 bits per heavy atom. The number of esters is 1. The fraction of sp³-hybridized carbons (Fsp3) is 0.143. The van der Waals surface area contributed by atoms with Crippen LogP contribution in [0.2, 0.25) is 10.2 Å². The zero-order valence-corrected chi connectivity index (χ0v) is 17.2. The number of ether oxygens (including phenoxy) is 1. The van der Waals surface area contributed by atoms with Crippen LogP contribution in [0, 0.1) is 13.8 Å². The molecule has 0 amide bonds. The Morgan fingerprint density at radius 2 is 1.86 bits per heavy atom. The molecule has 0 bridgehead atoms. The van der Waals surface area contributed by atoms with E-state index in [0.717, 1.165) is 22.3 Å². The number of aryl methyl sites for hydroxylation is 2. The molecule has 0 radical (unpaired) electrons. The molecule has 0 aliphatic heterocycles. The zero-order valence-electron chi connectivity index (χ0n) is 15.7. The van der Waals surface area contributed by atoms with E-state index in [4.69, 9.17) is 27.9 Å². The predicted molar refractivity (Wildman–Crippen MR) is 112 cm³/mol. The monoisotopic (exact) mass is 426 g/mol. The molecule has 0 saturated carbocycles. The molecule has 0 spiro atoms. The van der Waals surface area contributed by atoms with Crippen LogP contribution >= 0.6 is 23.2 Å². The van der Waals surface area contributed by atoms with Crippen molar-refractivity contribution in [3.8, 4) is 5.82 Å². The van der Waals surface area contributed by atoms with Crippen LogP contribution in [0.4, 0.5) is 0 Å². The number of rotatable bonds is 4. The first-order chi connectivity index (χ1) is 13.9. The number of nitrogens with zero attached hydrogens (tertiary/aromatic N) is 4. The molecule has 4 rings (SSSR count). The van der Waals surface area contributed by atoms with E-state index in [2.05, 4.69) is 15.1 Å². The average Bonchev–Trinajstić information content (AvgIpc) is 3.04. The lowest BCUT2D eigenvalue weighted by Crippen LogP contribution is -2.12. The van der Waals surface area contributed by atoms with E-state index in [1.807, 2.05) is 50.2 Å². The summed E-state index contributed by atoms with van der Waals surface area (Å²) in [6.45, 7) is 3.75. The molecule has 3 aromatic heterocycles. The highest BCUT2D eigenvalue weighted by molar-refractivity contribution is 6.33. The van der Waals surface area contributed by atoms with Crippen LogP contribution in [-0.2, 0) is 11.3 Å². The van der Waals surface area contributed by atoms with Gasteiger partial charge in [0, 0.05) is 16.6 Å². The van der Waals surface area contributed by atoms with Gasteiger partial charge in [0.2, 0.25) is 0 Å². The molecule has 0 saturated heterocycles. The molecule has 29 heavy (non-hydrogen) atoms. The molecule has 146 valence electrons. The third-order valence-corrected chi connectivity index (χ3v) is 4.99. The van der Waals surface area contributed by atoms with Gasteiger partial charge in [0.25, 0.3) is 0 Å². The lowest BCUT2D eigenvalue weighted by molar-refractivity contribution is 0.0466. The maximum Gasteiger partial charge on any atom is 0.358 e. The minimum atomic E-state index is -0.650. The zero-order chi connectivity index (χ0) is 20.5. The Morgan fingerprint density at radius 3 is 2.62 bits per heavy atom. The van der Waals surface area contributed by atoms with Gasteiger partial charge in [0.15, 0.2) is 11.5 Å². The molecular weight excluding hydrogens is 411 g/mol. The molecule has 0 unspecified atom stereocenters. The number of aromatic nitrogens is 4. The highest BCUT2D eigenvalue weighted by atomic mass is 35.5. The van der Waals surface area contributed by atoms with Crippen LogP contribution in [0.5, 0.6) is 0 Å². The SMILES string of the molecule is Cc1cc(C)n(-c2ccc(Cl)c(C(=O)OCc3cc4ccccc4nc3Cl)n2)n1. The Balaban J connectivity index is 1.58. The van der Waals surface area contributed by atoms with Gasteiger partial charge >= 0.3 is 5.97 Å². The summed E-state index contributed by atoms with van der Waals surface area (Å²) >= 11 is 12.4. The van der Waals surface area contributed by atoms with Crippen molar-refractivity contribution in [2.45, 2.75) is 20.5 Å². The van der Waals surface area contributed by atoms with Gasteiger partial charge in [-0.1, -0.05) is 41.4 Å². The van der Waals surface area contributed by atoms with Crippen molar-refractivity contribution in [1.82, 2.24) is 19.7 Å². The van der Waals surface area contributed by atoms with Crippen LogP contribution in [0.15, 0.2) is 48.5 Å². The maximum atomic E-state index is 12.6. The first kappa shape index (κ1) is 19.4. The molecule has 8 heteroatoms. The molecule has 4 aromatic rings. The summed E-state index contributed by atoms with van der Waals surface area (Å²) in [6.07, 6.45) is 0. The largest absolute Gasteiger partial charge is 0.456 e. The average molecular weight is 427 g/mol. The number of pyridine rings is 2. The van der Waals surface area contributed by atoms with E-state index >= 15 is 0 Å². The van der Waals surface area contributed by atoms with Gasteiger partial charge in [-0.2, -0.15) is 5.10 Å². The molecular formula is C21H16Cl2N4O2. The van der Waals surface area contributed by atoms with Crippen molar-refractivity contribution in [2.24, 2.45) is 0 Å². The van der Waals surface area contributed by atoms with Crippen LogP contribution in [-0.4, -0.2) is 25.7 Å². The van der Waals surface area contributed by atoms with Crippen LogP contribution < -0.4 is 0 Å². The first-order valence-corrected chi connectivity index (χ1v) is 9.59. The first-order valence-electron chi connectivity index (χ1n) is 8.84. The van der Waals surface area contributed by atoms with Gasteiger partial charge < -0.3 is 4.74 Å². The molecule has 0 fully saturated rings. The molecule has 3 heterocycles. The second-order valence-corrected chi connectivity index (χ2v) is 7.31. The predicted octanol–water partition coefficient (Wildman–Crippen LogP) is 5.10. The van der Waals surface area contributed by atoms with E-state index in [-0.39, 0.29) is 22.5 Å². The topological polar surface area (TPSA) is 69.9 Å². The molecule has 6 nitrogen and oxygen atoms in total. The minimum Gasteiger partial charge on any atom is -0.456 e. The second kappa shape index (κ2) is 7.81. The summed E-state index contributed by atoms with van der Waals surface area (Å²) in [4.78, 5) is 21.3. The van der Waals surface area contributed by atoms with Crippen molar-refractivity contribution in [1.29, 1.82) is 0 Å². The Bertz CT molecular complexity index is 1240. The summed E-state index contributed by atoms with van der Waals surface area (Å²) in [6, 6.07) is 14.6. The van der Waals surface area contributed by atoms with Gasteiger partial charge in [-0.25, -0.2) is 19.4 Å². The van der Waals surface area contributed by atoms with Crippen LogP contribution in [0.1, 0.15) is 27.4 Å². The lowest BCUT2D eigenvalue weighted by Gasteiger charge is -2.10. The number of carbonyl (C=O) groups is 1. The summed E-state index contributed by atoms with van der Waals surface area (Å²) in [7, 11) is 0. The molecule has 0 aliphatic rings. The van der Waals surface area contributed by atoms with Crippen molar-refractivity contribution < 1.29 is 9.53 Å². The molecule has 0 N–H and O–H groups in total. The smallest absolute Gasteiger partial charge is 0.358 e. The van der Waals surface area contributed by atoms with Gasteiger partial charge in [-0.3, -0.25) is 0 Å². The highest BCUT2D eigenvalue weighted by Gasteiger charge is 2.18. The van der Waals surface area contributed by atoms with Crippen LogP contribution in [0.3, 0.4) is 0 Å². The lowest BCUT2D eigenvalue weighted by atomic mass is 10.2. The van der Waals surface area contributed by atoms with E-state index < -0.39 is 5.97 Å². The maximum absolute atomic E-state index is 12.6. The van der Waals surface area contributed by atoms with Gasteiger partial charge in [-0.15, -0.1) is 0 Å². The number of hydrogen-bond acceptors (Lipinski definition) is 5. The normalized spacial score (nSPS) is 11.0. The summed E-state index contributed by atoms with van der Waals surface area (Å²) in [5, 5.41) is 5.77. The van der Waals surface area contributed by atoms with E-state index in [9.17, 15) is 4.79 Å². The third kappa shape index (κ3) is 3.95. The quantitative estimate of drug-likeness (QED) is 0.335. The number of fused-ring (bicyclic) bond motifs is 1. The number of para-hydroxylation sites is 1. The van der Waals surface area contributed by atoms with Gasteiger partial charge in [-0.05, 0) is 44.2 Å². The van der Waals surface area contributed by atoms with Gasteiger partial charge in [0.05, 0.1) is 16.2 Å². The van der Waals surface area contributed by atoms with E-state index in [1.165, 1.54) is 0 Å². The van der Waals surface area contributed by atoms with Crippen LogP contribution in [0.25, 0.3) is 16.7 Å². The van der Waals surface area contributed by atoms with Gasteiger partial charge in [0.1, 0.15) is 11.8 Å². The number of benzene rings is 1. The minimum absolute atomic E-state index is 0.0154.